The fourth-order valence-electron chi connectivity index (χ4n) is 3.85. The predicted molar refractivity (Wildman–Crippen MR) is 78.4 cm³/mol. The minimum atomic E-state index is 0.108. The van der Waals surface area contributed by atoms with Gasteiger partial charge in [0.25, 0.3) is 5.91 Å². The van der Waals surface area contributed by atoms with Crippen molar-refractivity contribution in [2.45, 2.75) is 51.1 Å². The third-order valence-electron chi connectivity index (χ3n) is 4.77. The molecule has 2 bridgehead atoms. The number of nitrogens with two attached hydrogens (primary N) is 1. The Balaban J connectivity index is 1.72. The molecular formula is C15H22N2OS. The first-order valence-electron chi connectivity index (χ1n) is 7.24. The number of rotatable bonds is 2. The minimum Gasteiger partial charge on any atom is -0.349 e. The first-order chi connectivity index (χ1) is 9.15. The van der Waals surface area contributed by atoms with Gasteiger partial charge in [-0.25, -0.2) is 0 Å². The van der Waals surface area contributed by atoms with Crippen LogP contribution in [-0.4, -0.2) is 18.0 Å². The zero-order valence-corrected chi connectivity index (χ0v) is 12.2. The van der Waals surface area contributed by atoms with Gasteiger partial charge in [0.05, 0.1) is 5.56 Å². The number of fused-ring (bicyclic) bond motifs is 2. The van der Waals surface area contributed by atoms with Crippen LogP contribution in [0.1, 0.15) is 48.0 Å². The maximum absolute atomic E-state index is 12.4. The second-order valence-electron chi connectivity index (χ2n) is 6.15. The molecule has 2 saturated carbocycles. The standard InChI is InChI=1S/C15H22N2OS/c1-9-7-19-8-13(9)15(18)17-14-10-3-2-4-11(14)6-12(16)5-10/h7-8,10-12,14H,2-6,16H2,1H3,(H,17,18). The Labute approximate surface area is 118 Å². The Kier molecular flexibility index (Phi) is 3.63. The number of nitrogens with one attached hydrogen (secondary N) is 1. The van der Waals surface area contributed by atoms with Crippen LogP contribution in [0.25, 0.3) is 0 Å². The molecule has 2 fully saturated rings. The molecule has 0 saturated heterocycles. The van der Waals surface area contributed by atoms with Crippen molar-refractivity contribution in [2.75, 3.05) is 0 Å². The molecule has 0 radical (unpaired) electrons. The number of thiophene rings is 1. The van der Waals surface area contributed by atoms with Crippen molar-refractivity contribution in [1.82, 2.24) is 5.32 Å². The van der Waals surface area contributed by atoms with Gasteiger partial charge in [-0.15, -0.1) is 0 Å². The van der Waals surface area contributed by atoms with Gasteiger partial charge in [0.1, 0.15) is 0 Å². The summed E-state index contributed by atoms with van der Waals surface area (Å²) in [6.45, 7) is 2.00. The minimum absolute atomic E-state index is 0.108. The van der Waals surface area contributed by atoms with Gasteiger partial charge in [-0.05, 0) is 55.4 Å². The molecular weight excluding hydrogens is 256 g/mol. The van der Waals surface area contributed by atoms with Gasteiger partial charge >= 0.3 is 0 Å². The number of hydrogen-bond acceptors (Lipinski definition) is 3. The highest BCUT2D eigenvalue weighted by atomic mass is 32.1. The van der Waals surface area contributed by atoms with E-state index in [1.165, 1.54) is 19.3 Å². The summed E-state index contributed by atoms with van der Waals surface area (Å²) in [5.74, 6) is 1.28. The quantitative estimate of drug-likeness (QED) is 0.874. The fraction of sp³-hybridized carbons (Fsp3) is 0.667. The molecule has 1 heterocycles. The van der Waals surface area contributed by atoms with Gasteiger partial charge in [-0.3, -0.25) is 4.79 Å². The normalized spacial score (nSPS) is 34.0. The Morgan fingerprint density at radius 2 is 2.00 bits per heavy atom. The third kappa shape index (κ3) is 2.56. The molecule has 19 heavy (non-hydrogen) atoms. The summed E-state index contributed by atoms with van der Waals surface area (Å²) in [5, 5.41) is 7.28. The van der Waals surface area contributed by atoms with Crippen LogP contribution in [0.5, 0.6) is 0 Å². The van der Waals surface area contributed by atoms with Crippen molar-refractivity contribution in [3.05, 3.63) is 21.9 Å². The summed E-state index contributed by atoms with van der Waals surface area (Å²) in [5.41, 5.74) is 8.05. The number of carbonyl (C=O) groups excluding carboxylic acids is 1. The summed E-state index contributed by atoms with van der Waals surface area (Å²) in [6.07, 6.45) is 5.88. The van der Waals surface area contributed by atoms with Crippen molar-refractivity contribution >= 4 is 17.2 Å². The Morgan fingerprint density at radius 1 is 1.32 bits per heavy atom. The molecule has 1 amide bonds. The molecule has 0 aromatic carbocycles. The van der Waals surface area contributed by atoms with E-state index in [1.54, 1.807) is 11.3 Å². The highest BCUT2D eigenvalue weighted by Gasteiger charge is 2.40. The summed E-state index contributed by atoms with van der Waals surface area (Å²) in [4.78, 5) is 12.4. The Morgan fingerprint density at radius 3 is 2.58 bits per heavy atom. The van der Waals surface area contributed by atoms with Crippen molar-refractivity contribution in [2.24, 2.45) is 17.6 Å². The number of amides is 1. The average Bonchev–Trinajstić information content (AvgIpc) is 2.76. The van der Waals surface area contributed by atoms with Crippen LogP contribution >= 0.6 is 11.3 Å². The van der Waals surface area contributed by atoms with Crippen LogP contribution in [0.15, 0.2) is 10.8 Å². The number of aryl methyl sites for hydroxylation is 1. The van der Waals surface area contributed by atoms with Gasteiger partial charge in [0.2, 0.25) is 0 Å². The van der Waals surface area contributed by atoms with E-state index in [4.69, 9.17) is 5.73 Å². The average molecular weight is 278 g/mol. The van der Waals surface area contributed by atoms with E-state index in [0.29, 0.717) is 23.9 Å². The molecule has 1 aromatic rings. The Bertz CT molecular complexity index is 456. The lowest BCUT2D eigenvalue weighted by atomic mass is 9.67. The van der Waals surface area contributed by atoms with E-state index >= 15 is 0 Å². The zero-order valence-electron chi connectivity index (χ0n) is 11.4. The van der Waals surface area contributed by atoms with Crippen LogP contribution in [0.4, 0.5) is 0 Å². The second kappa shape index (κ2) is 5.25. The smallest absolute Gasteiger partial charge is 0.252 e. The van der Waals surface area contributed by atoms with Crippen molar-refractivity contribution in [3.63, 3.8) is 0 Å². The molecule has 104 valence electrons. The molecule has 0 aliphatic heterocycles. The van der Waals surface area contributed by atoms with E-state index in [-0.39, 0.29) is 5.91 Å². The van der Waals surface area contributed by atoms with Crippen LogP contribution in [0, 0.1) is 18.8 Å². The summed E-state index contributed by atoms with van der Waals surface area (Å²) >= 11 is 1.60. The maximum Gasteiger partial charge on any atom is 0.252 e. The highest BCUT2D eigenvalue weighted by molar-refractivity contribution is 7.08. The van der Waals surface area contributed by atoms with Gasteiger partial charge < -0.3 is 11.1 Å². The van der Waals surface area contributed by atoms with Gasteiger partial charge in [-0.2, -0.15) is 11.3 Å². The van der Waals surface area contributed by atoms with E-state index in [2.05, 4.69) is 5.32 Å². The van der Waals surface area contributed by atoms with Crippen LogP contribution < -0.4 is 11.1 Å². The molecule has 3 nitrogen and oxygen atoms in total. The van der Waals surface area contributed by atoms with Gasteiger partial charge in [0.15, 0.2) is 0 Å². The first kappa shape index (κ1) is 13.1. The first-order valence-corrected chi connectivity index (χ1v) is 8.18. The summed E-state index contributed by atoms with van der Waals surface area (Å²) in [6, 6.07) is 0.687. The molecule has 3 rings (SSSR count). The molecule has 2 aliphatic carbocycles. The molecule has 2 aliphatic rings. The van der Waals surface area contributed by atoms with Crippen LogP contribution in [-0.2, 0) is 0 Å². The zero-order chi connectivity index (χ0) is 13.4. The van der Waals surface area contributed by atoms with E-state index in [0.717, 1.165) is 24.0 Å². The van der Waals surface area contributed by atoms with Crippen LogP contribution in [0.3, 0.4) is 0 Å². The molecule has 1 aromatic heterocycles. The van der Waals surface area contributed by atoms with E-state index in [1.807, 2.05) is 17.7 Å². The maximum atomic E-state index is 12.4. The summed E-state index contributed by atoms with van der Waals surface area (Å²) in [7, 11) is 0. The lowest BCUT2D eigenvalue weighted by Crippen LogP contribution is -2.53. The Hall–Kier alpha value is -0.870. The topological polar surface area (TPSA) is 55.1 Å². The van der Waals surface area contributed by atoms with Crippen molar-refractivity contribution in [3.8, 4) is 0 Å². The fourth-order valence-corrected chi connectivity index (χ4v) is 4.68. The summed E-state index contributed by atoms with van der Waals surface area (Å²) < 4.78 is 0. The predicted octanol–water partition coefficient (Wildman–Crippen LogP) is 2.69. The second-order valence-corrected chi connectivity index (χ2v) is 6.89. The lowest BCUT2D eigenvalue weighted by Gasteiger charge is -2.45. The molecule has 0 spiro atoms. The van der Waals surface area contributed by atoms with Gasteiger partial charge in [0, 0.05) is 17.5 Å². The largest absolute Gasteiger partial charge is 0.349 e. The van der Waals surface area contributed by atoms with E-state index in [9.17, 15) is 4.79 Å². The number of carbonyl (C=O) groups is 1. The SMILES string of the molecule is Cc1cscc1C(=O)NC1C2CCCC1CC(N)C2. The van der Waals surface area contributed by atoms with Crippen molar-refractivity contribution in [1.29, 1.82) is 0 Å². The van der Waals surface area contributed by atoms with Gasteiger partial charge in [-0.1, -0.05) is 6.42 Å². The highest BCUT2D eigenvalue weighted by Crippen LogP contribution is 2.39. The lowest BCUT2D eigenvalue weighted by molar-refractivity contribution is 0.0756. The van der Waals surface area contributed by atoms with E-state index < -0.39 is 0 Å². The molecule has 2 atom stereocenters. The molecule has 4 heteroatoms. The molecule has 2 unspecified atom stereocenters. The molecule has 3 N–H and O–H groups in total. The van der Waals surface area contributed by atoms with Crippen LogP contribution in [0.2, 0.25) is 0 Å². The monoisotopic (exact) mass is 278 g/mol. The third-order valence-corrected chi connectivity index (χ3v) is 5.64. The van der Waals surface area contributed by atoms with Crippen molar-refractivity contribution < 1.29 is 4.79 Å². The number of hydrogen-bond donors (Lipinski definition) is 2.